The molecule has 0 bridgehead atoms. The molecule has 2 aromatic heterocycles. The Morgan fingerprint density at radius 3 is 2.69 bits per heavy atom. The minimum Gasteiger partial charge on any atom is -0.384 e. The Balaban J connectivity index is 2.37. The Kier molecular flexibility index (Phi) is 3.27. The molecule has 0 aliphatic rings. The standard InChI is InChI=1S/C13H14N2O/c1-2-10-8-15-7-5-12(10)13(16)11-4-3-6-14-9-11/h3-9,13,16H,2H2,1H3. The van der Waals surface area contributed by atoms with Gasteiger partial charge in [0.05, 0.1) is 0 Å². The van der Waals surface area contributed by atoms with Gasteiger partial charge in [-0.05, 0) is 29.7 Å². The van der Waals surface area contributed by atoms with Crippen LogP contribution in [0.2, 0.25) is 0 Å². The van der Waals surface area contributed by atoms with Crippen LogP contribution in [0.25, 0.3) is 0 Å². The van der Waals surface area contributed by atoms with Crippen LogP contribution in [-0.2, 0) is 6.42 Å². The van der Waals surface area contributed by atoms with Crippen LogP contribution in [0, 0.1) is 0 Å². The number of aryl methyl sites for hydroxylation is 1. The fourth-order valence-electron chi connectivity index (χ4n) is 1.72. The Hall–Kier alpha value is -1.74. The van der Waals surface area contributed by atoms with Gasteiger partial charge in [-0.15, -0.1) is 0 Å². The highest BCUT2D eigenvalue weighted by atomic mass is 16.3. The summed E-state index contributed by atoms with van der Waals surface area (Å²) in [4.78, 5) is 8.08. The topological polar surface area (TPSA) is 46.0 Å². The molecular weight excluding hydrogens is 200 g/mol. The van der Waals surface area contributed by atoms with Crippen LogP contribution in [0.3, 0.4) is 0 Å². The SMILES string of the molecule is CCc1cnccc1C(O)c1cccnc1. The molecule has 1 N–H and O–H groups in total. The molecule has 0 spiro atoms. The van der Waals surface area contributed by atoms with Crippen molar-refractivity contribution in [2.45, 2.75) is 19.4 Å². The van der Waals surface area contributed by atoms with Gasteiger partial charge in [0, 0.05) is 30.4 Å². The Bertz CT molecular complexity index is 456. The number of hydrogen-bond acceptors (Lipinski definition) is 3. The van der Waals surface area contributed by atoms with E-state index in [1.165, 1.54) is 0 Å². The number of rotatable bonds is 3. The largest absolute Gasteiger partial charge is 0.384 e. The van der Waals surface area contributed by atoms with Crippen LogP contribution in [0.15, 0.2) is 43.0 Å². The molecule has 0 radical (unpaired) electrons. The van der Waals surface area contributed by atoms with Gasteiger partial charge in [-0.1, -0.05) is 13.0 Å². The molecule has 2 rings (SSSR count). The quantitative estimate of drug-likeness (QED) is 0.851. The van der Waals surface area contributed by atoms with Gasteiger partial charge in [-0.3, -0.25) is 9.97 Å². The van der Waals surface area contributed by atoms with Gasteiger partial charge >= 0.3 is 0 Å². The minimum atomic E-state index is -0.619. The van der Waals surface area contributed by atoms with E-state index in [-0.39, 0.29) is 0 Å². The van der Waals surface area contributed by atoms with Gasteiger partial charge in [-0.25, -0.2) is 0 Å². The molecule has 16 heavy (non-hydrogen) atoms. The number of nitrogens with zero attached hydrogens (tertiary/aromatic N) is 2. The Morgan fingerprint density at radius 1 is 1.19 bits per heavy atom. The molecule has 0 saturated carbocycles. The molecule has 2 heterocycles. The zero-order valence-electron chi connectivity index (χ0n) is 9.17. The van der Waals surface area contributed by atoms with Gasteiger partial charge in [0.2, 0.25) is 0 Å². The van der Waals surface area contributed by atoms with Crippen molar-refractivity contribution in [2.75, 3.05) is 0 Å². The summed E-state index contributed by atoms with van der Waals surface area (Å²) in [7, 11) is 0. The lowest BCUT2D eigenvalue weighted by Gasteiger charge is -2.14. The average molecular weight is 214 g/mol. The van der Waals surface area contributed by atoms with E-state index in [1.54, 1.807) is 24.8 Å². The molecule has 1 atom stereocenters. The summed E-state index contributed by atoms with van der Waals surface area (Å²) in [6.45, 7) is 2.05. The van der Waals surface area contributed by atoms with Gasteiger partial charge in [0.15, 0.2) is 0 Å². The third-order valence-electron chi connectivity index (χ3n) is 2.62. The maximum Gasteiger partial charge on any atom is 0.106 e. The summed E-state index contributed by atoms with van der Waals surface area (Å²) in [5.74, 6) is 0. The average Bonchev–Trinajstić information content (AvgIpc) is 2.39. The molecular formula is C13H14N2O. The molecule has 1 unspecified atom stereocenters. The Morgan fingerprint density at radius 2 is 2.00 bits per heavy atom. The first kappa shape index (κ1) is 10.8. The van der Waals surface area contributed by atoms with Crippen molar-refractivity contribution < 1.29 is 5.11 Å². The first-order valence-corrected chi connectivity index (χ1v) is 5.33. The molecule has 0 saturated heterocycles. The molecule has 3 nitrogen and oxygen atoms in total. The second-order valence-electron chi connectivity index (χ2n) is 3.62. The van der Waals surface area contributed by atoms with Crippen molar-refractivity contribution in [3.8, 4) is 0 Å². The minimum absolute atomic E-state index is 0.619. The van der Waals surface area contributed by atoms with E-state index in [1.807, 2.05) is 18.2 Å². The number of hydrogen-bond donors (Lipinski definition) is 1. The maximum atomic E-state index is 10.2. The van der Waals surface area contributed by atoms with Crippen LogP contribution in [0.5, 0.6) is 0 Å². The summed E-state index contributed by atoms with van der Waals surface area (Å²) in [6, 6.07) is 5.55. The summed E-state index contributed by atoms with van der Waals surface area (Å²) in [5, 5.41) is 10.2. The van der Waals surface area contributed by atoms with Crippen molar-refractivity contribution >= 4 is 0 Å². The molecule has 0 aliphatic heterocycles. The predicted molar refractivity (Wildman–Crippen MR) is 61.9 cm³/mol. The fourth-order valence-corrected chi connectivity index (χ4v) is 1.72. The zero-order chi connectivity index (χ0) is 11.4. The fraction of sp³-hybridized carbons (Fsp3) is 0.231. The summed E-state index contributed by atoms with van der Waals surface area (Å²) in [6.07, 6.45) is 7.13. The van der Waals surface area contributed by atoms with E-state index < -0.39 is 6.10 Å². The maximum absolute atomic E-state index is 10.2. The smallest absolute Gasteiger partial charge is 0.106 e. The summed E-state index contributed by atoms with van der Waals surface area (Å²) >= 11 is 0. The van der Waals surface area contributed by atoms with Gasteiger partial charge in [0.25, 0.3) is 0 Å². The predicted octanol–water partition coefficient (Wildman–Crippen LogP) is 2.12. The molecule has 0 aliphatic carbocycles. The van der Waals surface area contributed by atoms with Gasteiger partial charge in [0.1, 0.15) is 6.10 Å². The molecule has 0 aromatic carbocycles. The highest BCUT2D eigenvalue weighted by molar-refractivity contribution is 5.32. The third kappa shape index (κ3) is 2.09. The van der Waals surface area contributed by atoms with E-state index in [9.17, 15) is 5.11 Å². The summed E-state index contributed by atoms with van der Waals surface area (Å²) in [5.41, 5.74) is 2.78. The number of aliphatic hydroxyl groups excluding tert-OH is 1. The Labute approximate surface area is 94.8 Å². The van der Waals surface area contributed by atoms with Gasteiger partial charge < -0.3 is 5.11 Å². The van der Waals surface area contributed by atoms with Crippen LogP contribution in [-0.4, -0.2) is 15.1 Å². The molecule has 0 amide bonds. The number of pyridine rings is 2. The molecule has 2 aromatic rings. The third-order valence-corrected chi connectivity index (χ3v) is 2.62. The van der Waals surface area contributed by atoms with Crippen molar-refractivity contribution in [2.24, 2.45) is 0 Å². The first-order valence-electron chi connectivity index (χ1n) is 5.33. The lowest BCUT2D eigenvalue weighted by atomic mass is 9.98. The second-order valence-corrected chi connectivity index (χ2v) is 3.62. The van der Waals surface area contributed by atoms with Crippen molar-refractivity contribution in [3.05, 3.63) is 59.7 Å². The van der Waals surface area contributed by atoms with Gasteiger partial charge in [-0.2, -0.15) is 0 Å². The zero-order valence-corrected chi connectivity index (χ0v) is 9.17. The lowest BCUT2D eigenvalue weighted by Crippen LogP contribution is -2.04. The number of aromatic nitrogens is 2. The van der Waals surface area contributed by atoms with E-state index in [0.717, 1.165) is 23.1 Å². The van der Waals surface area contributed by atoms with E-state index >= 15 is 0 Å². The van der Waals surface area contributed by atoms with Crippen molar-refractivity contribution in [3.63, 3.8) is 0 Å². The van der Waals surface area contributed by atoms with E-state index in [4.69, 9.17) is 0 Å². The van der Waals surface area contributed by atoms with Crippen molar-refractivity contribution in [1.82, 2.24) is 9.97 Å². The highest BCUT2D eigenvalue weighted by Crippen LogP contribution is 2.23. The van der Waals surface area contributed by atoms with Crippen LogP contribution in [0.4, 0.5) is 0 Å². The normalized spacial score (nSPS) is 12.4. The molecule has 0 fully saturated rings. The van der Waals surface area contributed by atoms with E-state index in [2.05, 4.69) is 16.9 Å². The highest BCUT2D eigenvalue weighted by Gasteiger charge is 2.13. The molecule has 3 heteroatoms. The molecule has 82 valence electrons. The van der Waals surface area contributed by atoms with E-state index in [0.29, 0.717) is 0 Å². The monoisotopic (exact) mass is 214 g/mol. The van der Waals surface area contributed by atoms with Crippen molar-refractivity contribution in [1.29, 1.82) is 0 Å². The van der Waals surface area contributed by atoms with Crippen LogP contribution >= 0.6 is 0 Å². The second kappa shape index (κ2) is 4.86. The number of aliphatic hydroxyl groups is 1. The summed E-state index contributed by atoms with van der Waals surface area (Å²) < 4.78 is 0. The lowest BCUT2D eigenvalue weighted by molar-refractivity contribution is 0.218. The van der Waals surface area contributed by atoms with Crippen LogP contribution in [0.1, 0.15) is 29.7 Å². The first-order chi connectivity index (χ1) is 7.83. The van der Waals surface area contributed by atoms with Crippen LogP contribution < -0.4 is 0 Å².